The molecule has 0 unspecified atom stereocenters. The van der Waals surface area contributed by atoms with E-state index in [9.17, 15) is 9.18 Å². The van der Waals surface area contributed by atoms with Crippen LogP contribution in [0.3, 0.4) is 0 Å². The Kier molecular flexibility index (Phi) is 6.42. The van der Waals surface area contributed by atoms with Crippen molar-refractivity contribution in [2.75, 3.05) is 31.1 Å². The molecule has 0 spiro atoms. The summed E-state index contributed by atoms with van der Waals surface area (Å²) in [6, 6.07) is 7.26. The van der Waals surface area contributed by atoms with Gasteiger partial charge in [0.2, 0.25) is 5.88 Å². The second kappa shape index (κ2) is 8.82. The minimum Gasteiger partial charge on any atom is -0.472 e. The fourth-order valence-electron chi connectivity index (χ4n) is 2.83. The molecule has 1 aliphatic heterocycles. The smallest absolute Gasteiger partial charge is 0.410 e. The summed E-state index contributed by atoms with van der Waals surface area (Å²) in [5, 5.41) is 0.611. The second-order valence-corrected chi connectivity index (χ2v) is 8.13. The standard InChI is InChI=1S/C20H24ClFN4O3/c1-20(2,3)29-19(27)26-9-7-25(8-10-26)18-17(22)23-12-16(24-18)28-13-14-5-4-6-15(21)11-14/h4-6,11-12H,7-10,13H2,1-3H3. The van der Waals surface area contributed by atoms with Gasteiger partial charge in [0, 0.05) is 31.2 Å². The molecule has 156 valence electrons. The summed E-state index contributed by atoms with van der Waals surface area (Å²) in [6.45, 7) is 7.36. The van der Waals surface area contributed by atoms with Crippen LogP contribution in [0, 0.1) is 5.95 Å². The van der Waals surface area contributed by atoms with E-state index in [0.29, 0.717) is 31.2 Å². The molecule has 9 heteroatoms. The average Bonchev–Trinajstić information content (AvgIpc) is 2.66. The normalized spacial score (nSPS) is 14.7. The number of rotatable bonds is 4. The molecule has 1 fully saturated rings. The van der Waals surface area contributed by atoms with E-state index in [-0.39, 0.29) is 24.4 Å². The molecule has 0 radical (unpaired) electrons. The highest BCUT2D eigenvalue weighted by Gasteiger charge is 2.27. The number of aromatic nitrogens is 2. The monoisotopic (exact) mass is 422 g/mol. The molecule has 0 N–H and O–H groups in total. The van der Waals surface area contributed by atoms with Gasteiger partial charge < -0.3 is 19.3 Å². The molecule has 1 aromatic heterocycles. The SMILES string of the molecule is CC(C)(C)OC(=O)N1CCN(c2nc(OCc3cccc(Cl)c3)cnc2F)CC1. The third-order valence-electron chi connectivity index (χ3n) is 4.20. The number of halogens is 2. The topological polar surface area (TPSA) is 67.8 Å². The van der Waals surface area contributed by atoms with Gasteiger partial charge in [-0.1, -0.05) is 23.7 Å². The minimum absolute atomic E-state index is 0.109. The lowest BCUT2D eigenvalue weighted by Crippen LogP contribution is -2.50. The minimum atomic E-state index is -0.675. The van der Waals surface area contributed by atoms with E-state index >= 15 is 0 Å². The van der Waals surface area contributed by atoms with Crippen molar-refractivity contribution in [3.8, 4) is 5.88 Å². The fourth-order valence-corrected chi connectivity index (χ4v) is 3.04. The highest BCUT2D eigenvalue weighted by Crippen LogP contribution is 2.21. The van der Waals surface area contributed by atoms with Crippen LogP contribution in [0.4, 0.5) is 15.0 Å². The highest BCUT2D eigenvalue weighted by molar-refractivity contribution is 6.30. The van der Waals surface area contributed by atoms with E-state index in [4.69, 9.17) is 21.1 Å². The maximum Gasteiger partial charge on any atom is 0.410 e. The van der Waals surface area contributed by atoms with Crippen LogP contribution in [0.5, 0.6) is 5.88 Å². The fraction of sp³-hybridized carbons (Fsp3) is 0.450. The molecule has 1 aliphatic rings. The molecular weight excluding hydrogens is 399 g/mol. The number of hydrogen-bond acceptors (Lipinski definition) is 6. The summed E-state index contributed by atoms with van der Waals surface area (Å²) < 4.78 is 25.3. The Morgan fingerprint density at radius 2 is 1.97 bits per heavy atom. The Morgan fingerprint density at radius 3 is 2.62 bits per heavy atom. The molecule has 2 aromatic rings. The Bertz CT molecular complexity index is 867. The van der Waals surface area contributed by atoms with E-state index < -0.39 is 11.5 Å². The summed E-state index contributed by atoms with van der Waals surface area (Å²) >= 11 is 5.97. The van der Waals surface area contributed by atoms with Crippen LogP contribution >= 0.6 is 11.6 Å². The second-order valence-electron chi connectivity index (χ2n) is 7.70. The van der Waals surface area contributed by atoms with E-state index in [1.165, 1.54) is 6.20 Å². The maximum absolute atomic E-state index is 14.3. The number of nitrogens with zero attached hydrogens (tertiary/aromatic N) is 4. The zero-order valence-electron chi connectivity index (χ0n) is 16.7. The van der Waals surface area contributed by atoms with Gasteiger partial charge in [0.25, 0.3) is 5.95 Å². The van der Waals surface area contributed by atoms with Gasteiger partial charge in [-0.25, -0.2) is 9.78 Å². The van der Waals surface area contributed by atoms with Gasteiger partial charge in [0.1, 0.15) is 12.2 Å². The van der Waals surface area contributed by atoms with Gasteiger partial charge in [-0.05, 0) is 38.5 Å². The lowest BCUT2D eigenvalue weighted by Gasteiger charge is -2.36. The van der Waals surface area contributed by atoms with Gasteiger partial charge in [0.15, 0.2) is 5.82 Å². The zero-order valence-corrected chi connectivity index (χ0v) is 17.4. The van der Waals surface area contributed by atoms with Gasteiger partial charge in [-0.2, -0.15) is 9.37 Å². The van der Waals surface area contributed by atoms with Crippen molar-refractivity contribution in [2.45, 2.75) is 33.0 Å². The first-order valence-electron chi connectivity index (χ1n) is 9.34. The van der Waals surface area contributed by atoms with E-state index in [1.807, 2.05) is 32.9 Å². The number of anilines is 1. The first-order chi connectivity index (χ1) is 13.7. The number of ether oxygens (including phenoxy) is 2. The molecule has 0 aliphatic carbocycles. The molecule has 1 aromatic carbocycles. The van der Waals surface area contributed by atoms with Gasteiger partial charge in [0.05, 0.1) is 6.20 Å². The predicted octanol–water partition coefficient (Wildman–Crippen LogP) is 3.91. The molecule has 0 saturated carbocycles. The van der Waals surface area contributed by atoms with Crippen molar-refractivity contribution in [1.82, 2.24) is 14.9 Å². The Balaban J connectivity index is 1.61. The molecule has 29 heavy (non-hydrogen) atoms. The third-order valence-corrected chi connectivity index (χ3v) is 4.43. The Morgan fingerprint density at radius 1 is 1.24 bits per heavy atom. The quantitative estimate of drug-likeness (QED) is 0.744. The van der Waals surface area contributed by atoms with Crippen molar-refractivity contribution >= 4 is 23.5 Å². The molecule has 1 saturated heterocycles. The van der Waals surface area contributed by atoms with Crippen LogP contribution in [0.2, 0.25) is 5.02 Å². The first kappa shape index (κ1) is 21.1. The summed E-state index contributed by atoms with van der Waals surface area (Å²) in [7, 11) is 0. The summed E-state index contributed by atoms with van der Waals surface area (Å²) in [6.07, 6.45) is 0.877. The van der Waals surface area contributed by atoms with Crippen molar-refractivity contribution in [1.29, 1.82) is 0 Å². The van der Waals surface area contributed by atoms with Crippen LogP contribution in [-0.4, -0.2) is 52.7 Å². The lowest BCUT2D eigenvalue weighted by molar-refractivity contribution is 0.0240. The van der Waals surface area contributed by atoms with Crippen molar-refractivity contribution in [3.05, 3.63) is 47.0 Å². The molecule has 0 atom stereocenters. The summed E-state index contributed by atoms with van der Waals surface area (Å²) in [5.74, 6) is -0.348. The molecule has 7 nitrogen and oxygen atoms in total. The van der Waals surface area contributed by atoms with Crippen LogP contribution in [0.1, 0.15) is 26.3 Å². The number of hydrogen-bond donors (Lipinski definition) is 0. The average molecular weight is 423 g/mol. The van der Waals surface area contributed by atoms with Crippen molar-refractivity contribution < 1.29 is 18.7 Å². The van der Waals surface area contributed by atoms with Crippen LogP contribution in [-0.2, 0) is 11.3 Å². The number of piperazine rings is 1. The highest BCUT2D eigenvalue weighted by atomic mass is 35.5. The molecule has 0 bridgehead atoms. The number of amides is 1. The van der Waals surface area contributed by atoms with Crippen molar-refractivity contribution in [3.63, 3.8) is 0 Å². The first-order valence-corrected chi connectivity index (χ1v) is 9.72. The molecule has 3 rings (SSSR count). The van der Waals surface area contributed by atoms with E-state index in [0.717, 1.165) is 5.56 Å². The zero-order chi connectivity index (χ0) is 21.0. The molecule has 2 heterocycles. The number of carbonyl (C=O) groups excluding carboxylic acids is 1. The van der Waals surface area contributed by atoms with Crippen LogP contribution < -0.4 is 9.64 Å². The van der Waals surface area contributed by atoms with E-state index in [1.54, 1.807) is 21.9 Å². The largest absolute Gasteiger partial charge is 0.472 e. The number of benzene rings is 1. The predicted molar refractivity (Wildman–Crippen MR) is 108 cm³/mol. The van der Waals surface area contributed by atoms with Gasteiger partial charge in [-0.15, -0.1) is 0 Å². The van der Waals surface area contributed by atoms with Crippen LogP contribution in [0.15, 0.2) is 30.5 Å². The van der Waals surface area contributed by atoms with Gasteiger partial charge >= 0.3 is 6.09 Å². The van der Waals surface area contributed by atoms with Crippen LogP contribution in [0.25, 0.3) is 0 Å². The molecule has 1 amide bonds. The summed E-state index contributed by atoms with van der Waals surface area (Å²) in [4.78, 5) is 23.5. The number of carbonyl (C=O) groups is 1. The summed E-state index contributed by atoms with van der Waals surface area (Å²) in [5.41, 5.74) is 0.316. The maximum atomic E-state index is 14.3. The Hall–Kier alpha value is -2.61. The molecular formula is C20H24ClFN4O3. The van der Waals surface area contributed by atoms with Gasteiger partial charge in [-0.3, -0.25) is 0 Å². The van der Waals surface area contributed by atoms with E-state index in [2.05, 4.69) is 9.97 Å². The lowest BCUT2D eigenvalue weighted by atomic mass is 10.2. The van der Waals surface area contributed by atoms with Crippen molar-refractivity contribution in [2.24, 2.45) is 0 Å². The third kappa shape index (κ3) is 5.93. The Labute approximate surface area is 174 Å².